The quantitative estimate of drug-likeness (QED) is 0.694. The Morgan fingerprint density at radius 2 is 1.84 bits per heavy atom. The van der Waals surface area contributed by atoms with Crippen molar-refractivity contribution in [3.8, 4) is 17.2 Å². The maximum absolute atomic E-state index is 12.5. The van der Waals surface area contributed by atoms with E-state index in [0.29, 0.717) is 30.2 Å². The van der Waals surface area contributed by atoms with Crippen molar-refractivity contribution in [2.45, 2.75) is 18.5 Å². The van der Waals surface area contributed by atoms with Crippen LogP contribution in [0.5, 0.6) is 17.2 Å². The summed E-state index contributed by atoms with van der Waals surface area (Å²) in [5.74, 6) is 1.25. The monoisotopic (exact) mass is 423 g/mol. The first-order valence-corrected chi connectivity index (χ1v) is 9.99. The fourth-order valence-corrected chi connectivity index (χ4v) is 4.12. The van der Waals surface area contributed by atoms with Crippen molar-refractivity contribution in [2.75, 3.05) is 38.1 Å². The number of nitrogens with zero attached hydrogens (tertiary/aromatic N) is 1. The van der Waals surface area contributed by atoms with Gasteiger partial charge in [-0.15, -0.1) is 0 Å². The number of anilines is 2. The first-order chi connectivity index (χ1) is 15.0. The Hall–Kier alpha value is -3.68. The molecule has 2 unspecified atom stereocenters. The summed E-state index contributed by atoms with van der Waals surface area (Å²) in [4.78, 5) is 27.0. The Bertz CT molecular complexity index is 1010. The second-order valence-electron chi connectivity index (χ2n) is 7.41. The molecule has 2 atom stereocenters. The second kappa shape index (κ2) is 8.59. The number of benzene rings is 2. The number of hydrogen-bond donors (Lipinski definition) is 2. The predicted octanol–water partition coefficient (Wildman–Crippen LogP) is 2.44. The van der Waals surface area contributed by atoms with Crippen LogP contribution >= 0.6 is 0 Å². The molecule has 31 heavy (non-hydrogen) atoms. The smallest absolute Gasteiger partial charge is 0.247 e. The Labute approximate surface area is 180 Å². The summed E-state index contributed by atoms with van der Waals surface area (Å²) in [5.41, 5.74) is 2.52. The molecule has 1 fully saturated rings. The molecule has 2 aromatic rings. The zero-order valence-electron chi connectivity index (χ0n) is 17.7. The van der Waals surface area contributed by atoms with Crippen molar-refractivity contribution < 1.29 is 23.8 Å². The molecule has 2 aliphatic heterocycles. The van der Waals surface area contributed by atoms with Crippen molar-refractivity contribution in [3.05, 3.63) is 48.0 Å². The highest BCUT2D eigenvalue weighted by Gasteiger charge is 2.41. The number of ether oxygens (including phenoxy) is 3. The number of para-hydroxylation sites is 2. The summed E-state index contributed by atoms with van der Waals surface area (Å²) in [7, 11) is 4.62. The minimum absolute atomic E-state index is 0.0385. The first kappa shape index (κ1) is 20.6. The highest BCUT2D eigenvalue weighted by atomic mass is 16.5. The SMILES string of the molecule is COc1cc(C=CC(=O)NC2CC3C(=O)Nc4ccccc4N3C2)cc(OC)c1OC. The van der Waals surface area contributed by atoms with Crippen LogP contribution in [-0.4, -0.2) is 51.8 Å². The van der Waals surface area contributed by atoms with Crippen molar-refractivity contribution in [1.29, 1.82) is 0 Å². The zero-order chi connectivity index (χ0) is 22.0. The number of methoxy groups -OCH3 is 3. The van der Waals surface area contributed by atoms with Gasteiger partial charge in [-0.3, -0.25) is 9.59 Å². The summed E-state index contributed by atoms with van der Waals surface area (Å²) < 4.78 is 16.0. The van der Waals surface area contributed by atoms with Gasteiger partial charge in [0.05, 0.1) is 32.7 Å². The first-order valence-electron chi connectivity index (χ1n) is 9.99. The van der Waals surface area contributed by atoms with Crippen LogP contribution in [0.4, 0.5) is 11.4 Å². The number of rotatable bonds is 6. The summed E-state index contributed by atoms with van der Waals surface area (Å²) >= 11 is 0. The number of nitrogens with one attached hydrogen (secondary N) is 2. The molecule has 162 valence electrons. The molecule has 2 N–H and O–H groups in total. The van der Waals surface area contributed by atoms with E-state index in [1.54, 1.807) is 32.4 Å². The average Bonchev–Trinajstić information content (AvgIpc) is 3.21. The molecule has 2 amide bonds. The van der Waals surface area contributed by atoms with Gasteiger partial charge in [0.15, 0.2) is 11.5 Å². The van der Waals surface area contributed by atoms with Crippen molar-refractivity contribution in [1.82, 2.24) is 5.32 Å². The lowest BCUT2D eigenvalue weighted by atomic mass is 10.1. The molecule has 1 saturated heterocycles. The maximum Gasteiger partial charge on any atom is 0.247 e. The zero-order valence-corrected chi connectivity index (χ0v) is 17.7. The lowest BCUT2D eigenvalue weighted by Gasteiger charge is -2.32. The third-order valence-electron chi connectivity index (χ3n) is 5.54. The van der Waals surface area contributed by atoms with E-state index in [1.807, 2.05) is 24.3 Å². The number of fused-ring (bicyclic) bond motifs is 3. The highest BCUT2D eigenvalue weighted by molar-refractivity contribution is 6.04. The summed E-state index contributed by atoms with van der Waals surface area (Å²) in [6.07, 6.45) is 3.71. The van der Waals surface area contributed by atoms with E-state index in [9.17, 15) is 9.59 Å². The van der Waals surface area contributed by atoms with Gasteiger partial charge in [0, 0.05) is 18.7 Å². The molecule has 0 aromatic heterocycles. The van der Waals surface area contributed by atoms with Crippen LogP contribution in [0, 0.1) is 0 Å². The molecular weight excluding hydrogens is 398 g/mol. The molecule has 4 rings (SSSR count). The van der Waals surface area contributed by atoms with Crippen molar-refractivity contribution >= 4 is 29.3 Å². The van der Waals surface area contributed by atoms with E-state index < -0.39 is 0 Å². The molecule has 0 bridgehead atoms. The van der Waals surface area contributed by atoms with Crippen LogP contribution in [0.1, 0.15) is 12.0 Å². The molecule has 2 heterocycles. The van der Waals surface area contributed by atoms with Gasteiger partial charge in [0.25, 0.3) is 0 Å². The number of carbonyl (C=O) groups is 2. The minimum atomic E-state index is -0.278. The Morgan fingerprint density at radius 1 is 1.13 bits per heavy atom. The Morgan fingerprint density at radius 3 is 2.52 bits per heavy atom. The van der Waals surface area contributed by atoms with Crippen LogP contribution in [0.2, 0.25) is 0 Å². The molecule has 0 saturated carbocycles. The standard InChI is InChI=1S/C23H25N3O5/c1-29-19-10-14(11-20(30-2)22(19)31-3)8-9-21(27)24-15-12-18-23(28)25-16-6-4-5-7-17(16)26(18)13-15/h4-11,15,18H,12-13H2,1-3H3,(H,24,27)(H,25,28). The van der Waals surface area contributed by atoms with Crippen LogP contribution in [0.3, 0.4) is 0 Å². The van der Waals surface area contributed by atoms with Gasteiger partial charge in [0.1, 0.15) is 6.04 Å². The van der Waals surface area contributed by atoms with Gasteiger partial charge in [-0.1, -0.05) is 12.1 Å². The van der Waals surface area contributed by atoms with E-state index in [4.69, 9.17) is 14.2 Å². The Balaban J connectivity index is 1.44. The number of amides is 2. The third-order valence-corrected chi connectivity index (χ3v) is 5.54. The average molecular weight is 423 g/mol. The van der Waals surface area contributed by atoms with Crippen LogP contribution in [0.15, 0.2) is 42.5 Å². The summed E-state index contributed by atoms with van der Waals surface area (Å²) in [5, 5.41) is 5.94. The molecule has 0 spiro atoms. The molecule has 8 heteroatoms. The summed E-state index contributed by atoms with van der Waals surface area (Å²) in [6.45, 7) is 0.582. The van der Waals surface area contributed by atoms with Gasteiger partial charge in [0.2, 0.25) is 17.6 Å². The van der Waals surface area contributed by atoms with Gasteiger partial charge < -0.3 is 29.7 Å². The molecular formula is C23H25N3O5. The Kier molecular flexibility index (Phi) is 5.70. The fourth-order valence-electron chi connectivity index (χ4n) is 4.12. The molecule has 0 aliphatic carbocycles. The lowest BCUT2D eigenvalue weighted by Crippen LogP contribution is -2.43. The van der Waals surface area contributed by atoms with Crippen LogP contribution in [-0.2, 0) is 9.59 Å². The highest BCUT2D eigenvalue weighted by Crippen LogP contribution is 2.39. The van der Waals surface area contributed by atoms with E-state index >= 15 is 0 Å². The van der Waals surface area contributed by atoms with Gasteiger partial charge in [-0.05, 0) is 42.3 Å². The largest absolute Gasteiger partial charge is 0.493 e. The van der Waals surface area contributed by atoms with Gasteiger partial charge >= 0.3 is 0 Å². The van der Waals surface area contributed by atoms with Crippen LogP contribution in [0.25, 0.3) is 6.08 Å². The minimum Gasteiger partial charge on any atom is -0.493 e. The van der Waals surface area contributed by atoms with Crippen molar-refractivity contribution in [3.63, 3.8) is 0 Å². The fraction of sp³-hybridized carbons (Fsp3) is 0.304. The molecule has 2 aliphatic rings. The van der Waals surface area contributed by atoms with Gasteiger partial charge in [-0.25, -0.2) is 0 Å². The van der Waals surface area contributed by atoms with Crippen molar-refractivity contribution in [2.24, 2.45) is 0 Å². The van der Waals surface area contributed by atoms with E-state index in [-0.39, 0.29) is 23.9 Å². The van der Waals surface area contributed by atoms with E-state index in [2.05, 4.69) is 15.5 Å². The van der Waals surface area contributed by atoms with E-state index in [0.717, 1.165) is 16.9 Å². The number of hydrogen-bond acceptors (Lipinski definition) is 6. The molecule has 8 nitrogen and oxygen atoms in total. The molecule has 2 aromatic carbocycles. The summed E-state index contributed by atoms with van der Waals surface area (Å²) in [6, 6.07) is 10.8. The lowest BCUT2D eigenvalue weighted by molar-refractivity contribution is -0.118. The van der Waals surface area contributed by atoms with Gasteiger partial charge in [-0.2, -0.15) is 0 Å². The predicted molar refractivity (Wildman–Crippen MR) is 118 cm³/mol. The number of carbonyl (C=O) groups excluding carboxylic acids is 2. The second-order valence-corrected chi connectivity index (χ2v) is 7.41. The maximum atomic E-state index is 12.5. The van der Waals surface area contributed by atoms with E-state index in [1.165, 1.54) is 13.2 Å². The molecule has 0 radical (unpaired) electrons. The third kappa shape index (κ3) is 4.01. The topological polar surface area (TPSA) is 89.1 Å². The van der Waals surface area contributed by atoms with Crippen LogP contribution < -0.4 is 29.7 Å². The normalized spacial score (nSPS) is 19.5.